The number of nitrogens with one attached hydrogen (secondary N) is 1. The molecule has 0 radical (unpaired) electrons. The van der Waals surface area contributed by atoms with Crippen LogP contribution in [-0.4, -0.2) is 11.0 Å². The minimum Gasteiger partial charge on any atom is -0.330 e. The molecule has 0 fully saturated rings. The van der Waals surface area contributed by atoms with Gasteiger partial charge in [-0.3, -0.25) is 0 Å². The SMILES string of the molecule is CC(N)Cc1csc(Nc2ccccc2C#N)n1. The second-order valence-corrected chi connectivity index (χ2v) is 4.97. The van der Waals surface area contributed by atoms with E-state index >= 15 is 0 Å². The molecule has 0 bridgehead atoms. The fraction of sp³-hybridized carbons (Fsp3) is 0.231. The fourth-order valence-electron chi connectivity index (χ4n) is 1.59. The Morgan fingerprint density at radius 1 is 1.50 bits per heavy atom. The monoisotopic (exact) mass is 258 g/mol. The van der Waals surface area contributed by atoms with E-state index in [0.29, 0.717) is 5.56 Å². The van der Waals surface area contributed by atoms with Crippen LogP contribution < -0.4 is 11.1 Å². The maximum atomic E-state index is 9.00. The predicted molar refractivity (Wildman–Crippen MR) is 73.9 cm³/mol. The molecule has 2 rings (SSSR count). The molecule has 0 aliphatic heterocycles. The van der Waals surface area contributed by atoms with Crippen molar-refractivity contribution in [2.24, 2.45) is 5.73 Å². The van der Waals surface area contributed by atoms with Gasteiger partial charge in [0.25, 0.3) is 0 Å². The summed E-state index contributed by atoms with van der Waals surface area (Å²) in [5, 5.41) is 14.9. The highest BCUT2D eigenvalue weighted by atomic mass is 32.1. The van der Waals surface area contributed by atoms with Crippen molar-refractivity contribution >= 4 is 22.2 Å². The number of hydrogen-bond donors (Lipinski definition) is 2. The lowest BCUT2D eigenvalue weighted by Crippen LogP contribution is -2.17. The van der Waals surface area contributed by atoms with Gasteiger partial charge in [-0.15, -0.1) is 11.3 Å². The Morgan fingerprint density at radius 2 is 2.28 bits per heavy atom. The van der Waals surface area contributed by atoms with Gasteiger partial charge in [0.15, 0.2) is 5.13 Å². The van der Waals surface area contributed by atoms with Crippen LogP contribution in [0.4, 0.5) is 10.8 Å². The zero-order valence-electron chi connectivity index (χ0n) is 10.1. The third-order valence-corrected chi connectivity index (χ3v) is 3.18. The second kappa shape index (κ2) is 5.63. The first-order valence-electron chi connectivity index (χ1n) is 5.65. The summed E-state index contributed by atoms with van der Waals surface area (Å²) in [6.45, 7) is 1.96. The topological polar surface area (TPSA) is 74.7 Å². The molecule has 0 saturated carbocycles. The van der Waals surface area contributed by atoms with E-state index < -0.39 is 0 Å². The van der Waals surface area contributed by atoms with Crippen LogP contribution in [0.5, 0.6) is 0 Å². The first kappa shape index (κ1) is 12.6. The number of aromatic nitrogens is 1. The van der Waals surface area contributed by atoms with Crippen LogP contribution in [0.2, 0.25) is 0 Å². The third-order valence-electron chi connectivity index (χ3n) is 2.37. The average molecular weight is 258 g/mol. The molecule has 1 atom stereocenters. The van der Waals surface area contributed by atoms with Gasteiger partial charge in [0.1, 0.15) is 6.07 Å². The lowest BCUT2D eigenvalue weighted by molar-refractivity contribution is 0.726. The molecule has 3 N–H and O–H groups in total. The highest BCUT2D eigenvalue weighted by Crippen LogP contribution is 2.23. The smallest absolute Gasteiger partial charge is 0.187 e. The Balaban J connectivity index is 2.14. The molecule has 0 aliphatic carbocycles. The van der Waals surface area contributed by atoms with E-state index in [1.165, 1.54) is 11.3 Å². The van der Waals surface area contributed by atoms with E-state index in [1.807, 2.05) is 30.5 Å². The quantitative estimate of drug-likeness (QED) is 0.884. The van der Waals surface area contributed by atoms with E-state index in [9.17, 15) is 0 Å². The standard InChI is InChI=1S/C13H14N4S/c1-9(15)6-11-8-18-13(16-11)17-12-5-3-2-4-10(12)7-14/h2-5,8-9H,6,15H2,1H3,(H,16,17). The van der Waals surface area contributed by atoms with Crippen molar-refractivity contribution < 1.29 is 0 Å². The fourth-order valence-corrected chi connectivity index (χ4v) is 2.33. The molecule has 4 nitrogen and oxygen atoms in total. The number of nitrogens with two attached hydrogens (primary N) is 1. The summed E-state index contributed by atoms with van der Waals surface area (Å²) < 4.78 is 0. The molecular formula is C13H14N4S. The molecule has 1 aromatic heterocycles. The Hall–Kier alpha value is -1.90. The van der Waals surface area contributed by atoms with Crippen molar-refractivity contribution in [3.05, 3.63) is 40.9 Å². The zero-order valence-corrected chi connectivity index (χ0v) is 10.9. The largest absolute Gasteiger partial charge is 0.330 e. The van der Waals surface area contributed by atoms with Crippen molar-refractivity contribution in [1.29, 1.82) is 5.26 Å². The summed E-state index contributed by atoms with van der Waals surface area (Å²) in [6.07, 6.45) is 0.762. The number of rotatable bonds is 4. The number of hydrogen-bond acceptors (Lipinski definition) is 5. The summed E-state index contributed by atoms with van der Waals surface area (Å²) >= 11 is 1.52. The molecule has 0 spiro atoms. The molecule has 5 heteroatoms. The van der Waals surface area contributed by atoms with Gasteiger partial charge in [0.2, 0.25) is 0 Å². The summed E-state index contributed by atoms with van der Waals surface area (Å²) in [6, 6.07) is 9.62. The van der Waals surface area contributed by atoms with Crippen molar-refractivity contribution in [2.45, 2.75) is 19.4 Å². The van der Waals surface area contributed by atoms with Gasteiger partial charge in [0.05, 0.1) is 16.9 Å². The molecular weight excluding hydrogens is 244 g/mol. The van der Waals surface area contributed by atoms with Crippen LogP contribution in [0.25, 0.3) is 0 Å². The van der Waals surface area contributed by atoms with E-state index in [-0.39, 0.29) is 6.04 Å². The molecule has 0 aliphatic rings. The van der Waals surface area contributed by atoms with Crippen LogP contribution in [0, 0.1) is 11.3 Å². The van der Waals surface area contributed by atoms with Gasteiger partial charge >= 0.3 is 0 Å². The van der Waals surface area contributed by atoms with Gasteiger partial charge in [-0.1, -0.05) is 12.1 Å². The highest BCUT2D eigenvalue weighted by Gasteiger charge is 2.06. The molecule has 0 saturated heterocycles. The first-order chi connectivity index (χ1) is 8.69. The molecule has 18 heavy (non-hydrogen) atoms. The van der Waals surface area contributed by atoms with Crippen molar-refractivity contribution in [3.8, 4) is 6.07 Å². The Morgan fingerprint density at radius 3 is 3.00 bits per heavy atom. The van der Waals surface area contributed by atoms with Crippen molar-refractivity contribution in [1.82, 2.24) is 4.98 Å². The van der Waals surface area contributed by atoms with Gasteiger partial charge in [0, 0.05) is 17.8 Å². The number of nitrogens with zero attached hydrogens (tertiary/aromatic N) is 2. The van der Waals surface area contributed by atoms with E-state index in [4.69, 9.17) is 11.0 Å². The lowest BCUT2D eigenvalue weighted by atomic mass is 10.2. The summed E-state index contributed by atoms with van der Waals surface area (Å²) in [5.74, 6) is 0. The Bertz CT molecular complexity index is 568. The van der Waals surface area contributed by atoms with Gasteiger partial charge < -0.3 is 11.1 Å². The Labute approximate surface area is 110 Å². The minimum atomic E-state index is 0.103. The Kier molecular flexibility index (Phi) is 3.92. The lowest BCUT2D eigenvalue weighted by Gasteiger charge is -2.04. The molecule has 0 amide bonds. The summed E-state index contributed by atoms with van der Waals surface area (Å²) in [7, 11) is 0. The van der Waals surface area contributed by atoms with Gasteiger partial charge in [-0.05, 0) is 19.1 Å². The van der Waals surface area contributed by atoms with E-state index in [1.54, 1.807) is 6.07 Å². The minimum absolute atomic E-state index is 0.103. The average Bonchev–Trinajstić information content (AvgIpc) is 2.76. The third kappa shape index (κ3) is 3.06. The number of nitriles is 1. The van der Waals surface area contributed by atoms with Crippen LogP contribution in [-0.2, 0) is 6.42 Å². The normalized spacial score (nSPS) is 11.8. The maximum Gasteiger partial charge on any atom is 0.187 e. The van der Waals surface area contributed by atoms with Crippen LogP contribution in [0.3, 0.4) is 0 Å². The summed E-state index contributed by atoms with van der Waals surface area (Å²) in [4.78, 5) is 4.44. The predicted octanol–water partition coefficient (Wildman–Crippen LogP) is 2.65. The number of benzene rings is 1. The van der Waals surface area contributed by atoms with Crippen molar-refractivity contribution in [2.75, 3.05) is 5.32 Å². The van der Waals surface area contributed by atoms with Gasteiger partial charge in [-0.25, -0.2) is 4.98 Å². The number of anilines is 2. The molecule has 2 aromatic rings. The van der Waals surface area contributed by atoms with E-state index in [0.717, 1.165) is 22.9 Å². The number of para-hydroxylation sites is 1. The highest BCUT2D eigenvalue weighted by molar-refractivity contribution is 7.13. The molecule has 1 aromatic carbocycles. The molecule has 1 heterocycles. The van der Waals surface area contributed by atoms with Crippen LogP contribution in [0.1, 0.15) is 18.2 Å². The van der Waals surface area contributed by atoms with E-state index in [2.05, 4.69) is 16.4 Å². The number of thiazole rings is 1. The first-order valence-corrected chi connectivity index (χ1v) is 6.53. The second-order valence-electron chi connectivity index (χ2n) is 4.11. The zero-order chi connectivity index (χ0) is 13.0. The summed E-state index contributed by atoms with van der Waals surface area (Å²) in [5.41, 5.74) is 8.10. The molecule has 92 valence electrons. The van der Waals surface area contributed by atoms with Crippen LogP contribution in [0.15, 0.2) is 29.6 Å². The van der Waals surface area contributed by atoms with Gasteiger partial charge in [-0.2, -0.15) is 5.26 Å². The van der Waals surface area contributed by atoms with Crippen LogP contribution >= 0.6 is 11.3 Å². The molecule has 1 unspecified atom stereocenters. The van der Waals surface area contributed by atoms with Crippen molar-refractivity contribution in [3.63, 3.8) is 0 Å². The maximum absolute atomic E-state index is 9.00.